The number of hydrogen-bond donors (Lipinski definition) is 0. The second-order valence-electron chi connectivity index (χ2n) is 5.71. The number of aromatic nitrogens is 2. The highest BCUT2D eigenvalue weighted by Gasteiger charge is 2.22. The number of morpholine rings is 1. The van der Waals surface area contributed by atoms with Crippen LogP contribution in [0.4, 0.5) is 5.95 Å². The largest absolute Gasteiger partial charge is 0.497 e. The van der Waals surface area contributed by atoms with Gasteiger partial charge in [-0.2, -0.15) is 0 Å². The molecule has 6 heteroatoms. The van der Waals surface area contributed by atoms with E-state index in [2.05, 4.69) is 9.88 Å². The van der Waals surface area contributed by atoms with Crippen molar-refractivity contribution in [1.82, 2.24) is 9.97 Å². The van der Waals surface area contributed by atoms with E-state index in [0.29, 0.717) is 13.2 Å². The molecule has 0 aliphatic carbocycles. The van der Waals surface area contributed by atoms with Gasteiger partial charge in [0.25, 0.3) is 0 Å². The SMILES string of the molecule is COCCC1CN(c2nc(C)c3ccc(OC)cc3n2)CCO1. The summed E-state index contributed by atoms with van der Waals surface area (Å²) in [5.41, 5.74) is 1.89. The molecule has 1 saturated heterocycles. The lowest BCUT2D eigenvalue weighted by Gasteiger charge is -2.33. The molecular formula is C17H23N3O3. The molecule has 1 fully saturated rings. The van der Waals surface area contributed by atoms with Crippen LogP contribution in [-0.4, -0.2) is 56.6 Å². The molecule has 0 saturated carbocycles. The minimum absolute atomic E-state index is 0.161. The van der Waals surface area contributed by atoms with Crippen LogP contribution in [0.2, 0.25) is 0 Å². The van der Waals surface area contributed by atoms with Gasteiger partial charge in [-0.15, -0.1) is 0 Å². The van der Waals surface area contributed by atoms with Gasteiger partial charge in [0.1, 0.15) is 5.75 Å². The lowest BCUT2D eigenvalue weighted by molar-refractivity contribution is 0.0187. The maximum atomic E-state index is 5.79. The molecular weight excluding hydrogens is 294 g/mol. The molecule has 23 heavy (non-hydrogen) atoms. The van der Waals surface area contributed by atoms with Gasteiger partial charge in [-0.1, -0.05) is 0 Å². The zero-order chi connectivity index (χ0) is 16.2. The normalized spacial score (nSPS) is 18.4. The molecule has 2 heterocycles. The van der Waals surface area contributed by atoms with Crippen LogP contribution in [0.15, 0.2) is 18.2 Å². The molecule has 6 nitrogen and oxygen atoms in total. The molecule has 124 valence electrons. The molecule has 2 aromatic rings. The van der Waals surface area contributed by atoms with Crippen molar-refractivity contribution in [2.24, 2.45) is 0 Å². The number of anilines is 1. The highest BCUT2D eigenvalue weighted by atomic mass is 16.5. The van der Waals surface area contributed by atoms with Crippen LogP contribution >= 0.6 is 0 Å². The standard InChI is InChI=1S/C17H23N3O3/c1-12-15-5-4-13(22-3)10-16(15)19-17(18-12)20-7-9-23-14(11-20)6-8-21-2/h4-5,10,14H,6-9,11H2,1-3H3. The highest BCUT2D eigenvalue weighted by Crippen LogP contribution is 2.24. The van der Waals surface area contributed by atoms with E-state index in [9.17, 15) is 0 Å². The molecule has 0 N–H and O–H groups in total. The van der Waals surface area contributed by atoms with Crippen molar-refractivity contribution in [3.05, 3.63) is 23.9 Å². The fraction of sp³-hybridized carbons (Fsp3) is 0.529. The van der Waals surface area contributed by atoms with Crippen LogP contribution in [-0.2, 0) is 9.47 Å². The van der Waals surface area contributed by atoms with E-state index in [-0.39, 0.29) is 6.10 Å². The molecule has 3 rings (SSSR count). The summed E-state index contributed by atoms with van der Waals surface area (Å²) in [7, 11) is 3.38. The first-order chi connectivity index (χ1) is 11.2. The van der Waals surface area contributed by atoms with E-state index >= 15 is 0 Å². The van der Waals surface area contributed by atoms with Gasteiger partial charge in [0.05, 0.1) is 31.0 Å². The maximum Gasteiger partial charge on any atom is 0.226 e. The number of ether oxygens (including phenoxy) is 3. The first-order valence-electron chi connectivity index (χ1n) is 7.89. The Labute approximate surface area is 136 Å². The second kappa shape index (κ2) is 7.10. The fourth-order valence-electron chi connectivity index (χ4n) is 2.85. The quantitative estimate of drug-likeness (QED) is 0.842. The number of rotatable bonds is 5. The van der Waals surface area contributed by atoms with E-state index in [4.69, 9.17) is 19.2 Å². The van der Waals surface area contributed by atoms with Crippen LogP contribution in [0, 0.1) is 6.92 Å². The summed E-state index contributed by atoms with van der Waals surface area (Å²) in [4.78, 5) is 11.6. The van der Waals surface area contributed by atoms with Crippen LogP contribution in [0.25, 0.3) is 10.9 Å². The van der Waals surface area contributed by atoms with Gasteiger partial charge >= 0.3 is 0 Å². The van der Waals surface area contributed by atoms with Crippen molar-refractivity contribution in [2.75, 3.05) is 45.4 Å². The minimum atomic E-state index is 0.161. The zero-order valence-electron chi connectivity index (χ0n) is 13.9. The summed E-state index contributed by atoms with van der Waals surface area (Å²) in [5.74, 6) is 1.57. The summed E-state index contributed by atoms with van der Waals surface area (Å²) in [6, 6.07) is 5.90. The summed E-state index contributed by atoms with van der Waals surface area (Å²) < 4.78 is 16.2. The van der Waals surface area contributed by atoms with Crippen molar-refractivity contribution in [1.29, 1.82) is 0 Å². The third-order valence-corrected chi connectivity index (χ3v) is 4.15. The smallest absolute Gasteiger partial charge is 0.226 e. The minimum Gasteiger partial charge on any atom is -0.497 e. The van der Waals surface area contributed by atoms with Crippen molar-refractivity contribution < 1.29 is 14.2 Å². The Bertz CT molecular complexity index is 677. The summed E-state index contributed by atoms with van der Waals surface area (Å²) >= 11 is 0. The Morgan fingerprint density at radius 2 is 2.17 bits per heavy atom. The van der Waals surface area contributed by atoms with Crippen molar-refractivity contribution in [3.63, 3.8) is 0 Å². The van der Waals surface area contributed by atoms with Crippen molar-refractivity contribution in [3.8, 4) is 5.75 Å². The van der Waals surface area contributed by atoms with Crippen molar-refractivity contribution in [2.45, 2.75) is 19.4 Å². The molecule has 0 radical (unpaired) electrons. The molecule has 1 aliphatic heterocycles. The highest BCUT2D eigenvalue weighted by molar-refractivity contribution is 5.83. The topological polar surface area (TPSA) is 56.7 Å². The Hall–Kier alpha value is -1.92. The van der Waals surface area contributed by atoms with Crippen molar-refractivity contribution >= 4 is 16.9 Å². The third kappa shape index (κ3) is 3.54. The molecule has 1 aromatic carbocycles. The monoisotopic (exact) mass is 317 g/mol. The third-order valence-electron chi connectivity index (χ3n) is 4.15. The predicted octanol–water partition coefficient (Wildman–Crippen LogP) is 2.19. The number of nitrogens with zero attached hydrogens (tertiary/aromatic N) is 3. The second-order valence-corrected chi connectivity index (χ2v) is 5.71. The zero-order valence-corrected chi connectivity index (χ0v) is 13.9. The lowest BCUT2D eigenvalue weighted by Crippen LogP contribution is -2.43. The number of fused-ring (bicyclic) bond motifs is 1. The van der Waals surface area contributed by atoms with E-state index in [1.54, 1.807) is 14.2 Å². The van der Waals surface area contributed by atoms with Crippen LogP contribution in [0.1, 0.15) is 12.1 Å². The Kier molecular flexibility index (Phi) is 4.93. The Balaban J connectivity index is 1.86. The number of hydrogen-bond acceptors (Lipinski definition) is 6. The summed E-state index contributed by atoms with van der Waals surface area (Å²) in [6.07, 6.45) is 1.04. The number of benzene rings is 1. The first-order valence-corrected chi connectivity index (χ1v) is 7.89. The van der Waals surface area contributed by atoms with Gasteiger partial charge in [0.15, 0.2) is 0 Å². The molecule has 0 spiro atoms. The van der Waals surface area contributed by atoms with E-state index in [0.717, 1.165) is 47.8 Å². The van der Waals surface area contributed by atoms with Gasteiger partial charge in [-0.05, 0) is 25.5 Å². The summed E-state index contributed by atoms with van der Waals surface area (Å²) in [6.45, 7) is 5.00. The van der Waals surface area contributed by atoms with Crippen LogP contribution in [0.3, 0.4) is 0 Å². The first kappa shape index (κ1) is 16.0. The fourth-order valence-corrected chi connectivity index (χ4v) is 2.85. The van der Waals surface area contributed by atoms with Gasteiger partial charge < -0.3 is 19.1 Å². The van der Waals surface area contributed by atoms with Crippen LogP contribution < -0.4 is 9.64 Å². The Morgan fingerprint density at radius 3 is 2.96 bits per heavy atom. The number of methoxy groups -OCH3 is 2. The summed E-state index contributed by atoms with van der Waals surface area (Å²) in [5, 5.41) is 1.05. The Morgan fingerprint density at radius 1 is 1.30 bits per heavy atom. The average Bonchev–Trinajstić information content (AvgIpc) is 2.59. The molecule has 0 amide bonds. The predicted molar refractivity (Wildman–Crippen MR) is 89.3 cm³/mol. The molecule has 0 bridgehead atoms. The molecule has 1 aliphatic rings. The van der Waals surface area contributed by atoms with Gasteiger partial charge in [0.2, 0.25) is 5.95 Å². The molecule has 1 aromatic heterocycles. The molecule has 1 unspecified atom stereocenters. The van der Waals surface area contributed by atoms with Gasteiger partial charge in [0, 0.05) is 38.3 Å². The lowest BCUT2D eigenvalue weighted by atomic mass is 10.2. The van der Waals surface area contributed by atoms with Crippen LogP contribution in [0.5, 0.6) is 5.75 Å². The average molecular weight is 317 g/mol. The van der Waals surface area contributed by atoms with E-state index in [1.807, 2.05) is 25.1 Å². The number of aryl methyl sites for hydroxylation is 1. The van der Waals surface area contributed by atoms with E-state index in [1.165, 1.54) is 0 Å². The van der Waals surface area contributed by atoms with E-state index < -0.39 is 0 Å². The maximum absolute atomic E-state index is 5.79. The van der Waals surface area contributed by atoms with Gasteiger partial charge in [-0.3, -0.25) is 0 Å². The van der Waals surface area contributed by atoms with Gasteiger partial charge in [-0.25, -0.2) is 9.97 Å². The molecule has 1 atom stereocenters.